The van der Waals surface area contributed by atoms with Crippen LogP contribution < -0.4 is 0 Å². The molecule has 6 heterocycles. The van der Waals surface area contributed by atoms with Crippen LogP contribution in [0.25, 0.3) is 55.0 Å². The van der Waals surface area contributed by atoms with E-state index in [9.17, 15) is 0 Å². The first kappa shape index (κ1) is 39.8. The lowest BCUT2D eigenvalue weighted by Crippen LogP contribution is -2.18. The van der Waals surface area contributed by atoms with E-state index in [1.54, 1.807) is 0 Å². The van der Waals surface area contributed by atoms with Gasteiger partial charge >= 0.3 is 0 Å². The van der Waals surface area contributed by atoms with Crippen molar-refractivity contribution < 1.29 is 0 Å². The maximum Gasteiger partial charge on any atom is 0.137 e. The molecular weight excluding hydrogens is 829 g/mol. The number of allylic oxidation sites excluding steroid dienone is 3. The first-order valence-electron chi connectivity index (χ1n) is 23.7. The fourth-order valence-electron chi connectivity index (χ4n) is 10.7. The van der Waals surface area contributed by atoms with Crippen molar-refractivity contribution in [3.8, 4) is 5.82 Å². The van der Waals surface area contributed by atoms with Crippen molar-refractivity contribution in [3.63, 3.8) is 0 Å². The molecular formula is C62H46N6. The Kier molecular flexibility index (Phi) is 9.81. The molecule has 7 aromatic carbocycles. The Balaban J connectivity index is 0.962. The second kappa shape index (κ2) is 16.7. The highest BCUT2D eigenvalue weighted by Gasteiger charge is 2.28. The smallest absolute Gasteiger partial charge is 0.137 e. The molecule has 3 aliphatic rings. The number of hydrogen-bond donors (Lipinski definition) is 0. The van der Waals surface area contributed by atoms with Gasteiger partial charge in [-0.1, -0.05) is 176 Å². The molecule has 0 saturated heterocycles. The minimum atomic E-state index is -0.183. The van der Waals surface area contributed by atoms with Gasteiger partial charge in [0.15, 0.2) is 0 Å². The van der Waals surface area contributed by atoms with Crippen molar-refractivity contribution in [2.45, 2.75) is 37.4 Å². The van der Waals surface area contributed by atoms with Gasteiger partial charge in [0, 0.05) is 52.4 Å². The quantitative estimate of drug-likeness (QED) is 0.150. The number of aromatic nitrogens is 3. The monoisotopic (exact) mass is 874 g/mol. The number of aliphatic imine (C=N–C) groups is 3. The molecule has 6 nitrogen and oxygen atoms in total. The van der Waals surface area contributed by atoms with E-state index < -0.39 is 0 Å². The maximum absolute atomic E-state index is 5.61. The molecule has 0 saturated carbocycles. The van der Waals surface area contributed by atoms with Gasteiger partial charge in [-0.25, -0.2) is 4.98 Å². The fraction of sp³-hybridized carbons (Fsp3) is 0.0968. The summed E-state index contributed by atoms with van der Waals surface area (Å²) in [6.45, 7) is 0. The summed E-state index contributed by atoms with van der Waals surface area (Å²) < 4.78 is 4.84. The van der Waals surface area contributed by atoms with Gasteiger partial charge in [-0.3, -0.25) is 19.5 Å². The Bertz CT molecular complexity index is 3760. The lowest BCUT2D eigenvalue weighted by atomic mass is 9.87. The molecule has 68 heavy (non-hydrogen) atoms. The van der Waals surface area contributed by atoms with Gasteiger partial charge in [0.05, 0.1) is 50.9 Å². The number of hydrogen-bond acceptors (Lipinski definition) is 4. The van der Waals surface area contributed by atoms with E-state index in [1.807, 2.05) is 0 Å². The minimum absolute atomic E-state index is 0.165. The summed E-state index contributed by atoms with van der Waals surface area (Å²) in [4.78, 5) is 21.9. The van der Waals surface area contributed by atoms with Crippen LogP contribution in [0.3, 0.4) is 0 Å². The van der Waals surface area contributed by atoms with Crippen molar-refractivity contribution in [1.82, 2.24) is 14.1 Å². The summed E-state index contributed by atoms with van der Waals surface area (Å²) in [6.07, 6.45) is 11.2. The van der Waals surface area contributed by atoms with Crippen LogP contribution in [-0.4, -0.2) is 31.3 Å². The molecule has 3 atom stereocenters. The highest BCUT2D eigenvalue weighted by molar-refractivity contribution is 6.26. The van der Waals surface area contributed by atoms with Crippen LogP contribution in [0.1, 0.15) is 65.3 Å². The topological polar surface area (TPSA) is 59.8 Å². The predicted octanol–water partition coefficient (Wildman–Crippen LogP) is 14.8. The zero-order valence-corrected chi connectivity index (χ0v) is 37.4. The molecule has 6 heteroatoms. The van der Waals surface area contributed by atoms with Crippen molar-refractivity contribution >= 4 is 66.3 Å². The highest BCUT2D eigenvalue weighted by Crippen LogP contribution is 2.44. The van der Waals surface area contributed by atoms with E-state index in [-0.39, 0.29) is 18.1 Å². The van der Waals surface area contributed by atoms with Crippen molar-refractivity contribution in [2.75, 3.05) is 0 Å². The Morgan fingerprint density at radius 3 is 1.96 bits per heavy atom. The van der Waals surface area contributed by atoms with Gasteiger partial charge in [-0.2, -0.15) is 0 Å². The van der Waals surface area contributed by atoms with Crippen LogP contribution in [0.4, 0.5) is 0 Å². The lowest BCUT2D eigenvalue weighted by Gasteiger charge is -2.25. The van der Waals surface area contributed by atoms with E-state index in [0.29, 0.717) is 0 Å². The maximum atomic E-state index is 5.61. The Morgan fingerprint density at radius 2 is 1.18 bits per heavy atom. The number of nitrogens with zero attached hydrogens (tertiary/aromatic N) is 6. The minimum Gasteiger partial charge on any atom is -0.317 e. The van der Waals surface area contributed by atoms with E-state index in [4.69, 9.17) is 20.0 Å². The summed E-state index contributed by atoms with van der Waals surface area (Å²) in [5.74, 6) is 1.06. The standard InChI is InChI=1S/C62H46N6/c1-5-19-41(20-6-1)45-37-52(43-23-9-3-10-24-43)63-54(39-45)50-29-17-33-59(65-50)67-57-32-16-14-28-49(57)61-58(67)36-35-48-47-27-13-15-31-56(47)68(62(48)61)60-34-18-30-51(66-60)55-40-46(42-21-7-2-8-22-42)38-53(64-55)44-25-11-4-12-26-44/h1-32,34-36,38-39,45,55,59H,33,37,40H2. The van der Waals surface area contributed by atoms with Crippen LogP contribution in [0.2, 0.25) is 0 Å². The van der Waals surface area contributed by atoms with Gasteiger partial charge in [0.1, 0.15) is 12.0 Å². The molecule has 0 radical (unpaired) electrons. The Labute approximate surface area is 395 Å². The van der Waals surface area contributed by atoms with Crippen LogP contribution in [0.5, 0.6) is 0 Å². The summed E-state index contributed by atoms with van der Waals surface area (Å²) in [7, 11) is 0. The number of rotatable bonds is 8. The molecule has 0 spiro atoms. The molecule has 0 N–H and O–H groups in total. The second-order valence-electron chi connectivity index (χ2n) is 18.0. The van der Waals surface area contributed by atoms with Gasteiger partial charge in [-0.05, 0) is 76.4 Å². The Morgan fingerprint density at radius 1 is 0.500 bits per heavy atom. The zero-order valence-electron chi connectivity index (χ0n) is 37.4. The number of dihydropyridines is 2. The molecule has 13 rings (SSSR count). The Hall–Kier alpha value is -8.48. The van der Waals surface area contributed by atoms with E-state index in [0.717, 1.165) is 86.8 Å². The van der Waals surface area contributed by atoms with Crippen LogP contribution >= 0.6 is 0 Å². The van der Waals surface area contributed by atoms with Gasteiger partial charge in [0.25, 0.3) is 0 Å². The van der Waals surface area contributed by atoms with E-state index >= 15 is 0 Å². The predicted molar refractivity (Wildman–Crippen MR) is 281 cm³/mol. The van der Waals surface area contributed by atoms with Crippen LogP contribution in [0, 0.1) is 0 Å². The average Bonchev–Trinajstić information content (AvgIpc) is 3.95. The summed E-state index contributed by atoms with van der Waals surface area (Å²) in [5, 5.41) is 4.76. The van der Waals surface area contributed by atoms with Gasteiger partial charge in [0.2, 0.25) is 0 Å². The first-order chi connectivity index (χ1) is 33.7. The van der Waals surface area contributed by atoms with E-state index in [1.165, 1.54) is 38.2 Å². The molecule has 0 bridgehead atoms. The molecule has 0 aliphatic carbocycles. The lowest BCUT2D eigenvalue weighted by molar-refractivity contribution is 0.560. The number of pyridine rings is 1. The zero-order chi connectivity index (χ0) is 45.0. The summed E-state index contributed by atoms with van der Waals surface area (Å²) in [6, 6.07) is 71.0. The molecule has 3 aromatic heterocycles. The van der Waals surface area contributed by atoms with Gasteiger partial charge < -0.3 is 4.57 Å². The van der Waals surface area contributed by atoms with E-state index in [2.05, 4.69) is 234 Å². The van der Waals surface area contributed by atoms with Crippen LogP contribution in [-0.2, 0) is 0 Å². The molecule has 10 aromatic rings. The normalized spacial score (nSPS) is 18.4. The largest absolute Gasteiger partial charge is 0.317 e. The first-order valence-corrected chi connectivity index (χ1v) is 23.7. The number of para-hydroxylation sites is 2. The molecule has 0 fully saturated rings. The average molecular weight is 875 g/mol. The third kappa shape index (κ3) is 6.96. The number of benzene rings is 7. The molecule has 3 aliphatic heterocycles. The molecule has 0 amide bonds. The summed E-state index contributed by atoms with van der Waals surface area (Å²) >= 11 is 0. The molecule has 324 valence electrons. The third-order valence-corrected chi connectivity index (χ3v) is 13.9. The van der Waals surface area contributed by atoms with Crippen molar-refractivity contribution in [1.29, 1.82) is 0 Å². The highest BCUT2D eigenvalue weighted by atomic mass is 15.2. The van der Waals surface area contributed by atoms with Crippen LogP contribution in [0.15, 0.2) is 245 Å². The van der Waals surface area contributed by atoms with Crippen molar-refractivity contribution in [2.24, 2.45) is 15.0 Å². The third-order valence-electron chi connectivity index (χ3n) is 13.9. The van der Waals surface area contributed by atoms with Gasteiger partial charge in [-0.15, -0.1) is 0 Å². The molecule has 3 unspecified atom stereocenters. The number of fused-ring (bicyclic) bond motifs is 7. The van der Waals surface area contributed by atoms with Crippen molar-refractivity contribution in [3.05, 3.63) is 258 Å². The summed E-state index contributed by atoms with van der Waals surface area (Å²) in [5.41, 5.74) is 15.4. The second-order valence-corrected chi connectivity index (χ2v) is 18.0. The SMILES string of the molecule is C1=CC(C2=CC(c3ccccc3)CC(c3ccccc3)=N2)=NC(n2c3ccccc3c3c4c(ccc32)c2ccccc2n4-c2cccc(C3CC(c4ccccc4)=CC(c4ccccc4)=N3)n2)C1. The fourth-order valence-corrected chi connectivity index (χ4v) is 10.7.